The van der Waals surface area contributed by atoms with Crippen molar-refractivity contribution >= 4 is 23.1 Å². The maximum absolute atomic E-state index is 12.8. The molecule has 1 amide bonds. The molecule has 0 aliphatic carbocycles. The number of carbonyl (C=O) groups is 1. The second kappa shape index (κ2) is 6.96. The lowest BCUT2D eigenvalue weighted by Crippen LogP contribution is -2.29. The number of anilines is 3. The van der Waals surface area contributed by atoms with Gasteiger partial charge in [0.1, 0.15) is 0 Å². The minimum atomic E-state index is -0.110. The van der Waals surface area contributed by atoms with Gasteiger partial charge in [-0.3, -0.25) is 4.79 Å². The van der Waals surface area contributed by atoms with Gasteiger partial charge in [0, 0.05) is 17.9 Å². The molecule has 130 valence electrons. The molecule has 3 aromatic rings. The Labute approximate surface area is 152 Å². The van der Waals surface area contributed by atoms with E-state index in [0.717, 1.165) is 24.2 Å². The number of nitrogens with zero attached hydrogens (tertiary/aromatic N) is 3. The number of nitrogens with one attached hydrogen (secondary N) is 1. The van der Waals surface area contributed by atoms with Crippen molar-refractivity contribution in [2.24, 2.45) is 0 Å². The molecule has 0 saturated heterocycles. The standard InChI is InChI=1S/C21H20N4O/c1-2-15-7-9-17(10-8-15)22-20-12-11-18(23-24-20)21(26)25-14-13-16-5-3-4-6-19(16)25/h3-12H,2,13-14H2,1H3,(H,22,24). The van der Waals surface area contributed by atoms with Crippen LogP contribution in [-0.4, -0.2) is 22.6 Å². The van der Waals surface area contributed by atoms with Gasteiger partial charge in [-0.05, 0) is 54.3 Å². The van der Waals surface area contributed by atoms with Crippen molar-refractivity contribution in [3.63, 3.8) is 0 Å². The first-order valence-corrected chi connectivity index (χ1v) is 8.84. The van der Waals surface area contributed by atoms with Crippen molar-refractivity contribution in [2.45, 2.75) is 19.8 Å². The van der Waals surface area contributed by atoms with E-state index in [1.165, 1.54) is 11.1 Å². The molecule has 1 N–H and O–H groups in total. The maximum atomic E-state index is 12.8. The summed E-state index contributed by atoms with van der Waals surface area (Å²) in [6, 6.07) is 19.7. The molecule has 26 heavy (non-hydrogen) atoms. The molecule has 2 aromatic carbocycles. The molecule has 0 fully saturated rings. The van der Waals surface area contributed by atoms with Crippen molar-refractivity contribution < 1.29 is 4.79 Å². The second-order valence-electron chi connectivity index (χ2n) is 6.31. The Kier molecular flexibility index (Phi) is 4.35. The maximum Gasteiger partial charge on any atom is 0.278 e. The first-order chi connectivity index (χ1) is 12.7. The van der Waals surface area contributed by atoms with Gasteiger partial charge in [-0.2, -0.15) is 0 Å². The van der Waals surface area contributed by atoms with Crippen LogP contribution in [0.15, 0.2) is 60.7 Å². The lowest BCUT2D eigenvalue weighted by molar-refractivity contribution is 0.0983. The second-order valence-corrected chi connectivity index (χ2v) is 6.31. The molecule has 1 aliphatic rings. The van der Waals surface area contributed by atoms with Crippen LogP contribution >= 0.6 is 0 Å². The number of para-hydroxylation sites is 1. The smallest absolute Gasteiger partial charge is 0.278 e. The highest BCUT2D eigenvalue weighted by atomic mass is 16.2. The Bertz CT molecular complexity index is 920. The minimum absolute atomic E-state index is 0.110. The van der Waals surface area contributed by atoms with Crippen LogP contribution in [0.1, 0.15) is 28.5 Å². The van der Waals surface area contributed by atoms with E-state index in [1.54, 1.807) is 17.0 Å². The summed E-state index contributed by atoms with van der Waals surface area (Å²) >= 11 is 0. The first-order valence-electron chi connectivity index (χ1n) is 8.84. The highest BCUT2D eigenvalue weighted by Crippen LogP contribution is 2.28. The van der Waals surface area contributed by atoms with Crippen LogP contribution < -0.4 is 10.2 Å². The number of fused-ring (bicyclic) bond motifs is 1. The van der Waals surface area contributed by atoms with Gasteiger partial charge in [-0.25, -0.2) is 0 Å². The van der Waals surface area contributed by atoms with Gasteiger partial charge in [0.25, 0.3) is 5.91 Å². The molecule has 1 aliphatic heterocycles. The van der Waals surface area contributed by atoms with E-state index < -0.39 is 0 Å². The molecule has 0 radical (unpaired) electrons. The topological polar surface area (TPSA) is 58.1 Å². The zero-order valence-corrected chi connectivity index (χ0v) is 14.6. The number of hydrogen-bond donors (Lipinski definition) is 1. The van der Waals surface area contributed by atoms with Gasteiger partial charge in [-0.15, -0.1) is 10.2 Å². The third-order valence-corrected chi connectivity index (χ3v) is 4.65. The summed E-state index contributed by atoms with van der Waals surface area (Å²) in [5.41, 5.74) is 4.76. The SMILES string of the molecule is CCc1ccc(Nc2ccc(C(=O)N3CCc4ccccc43)nn2)cc1. The van der Waals surface area contributed by atoms with Gasteiger partial charge < -0.3 is 10.2 Å². The molecular weight excluding hydrogens is 324 g/mol. The first kappa shape index (κ1) is 16.3. The Morgan fingerprint density at radius 3 is 2.58 bits per heavy atom. The average Bonchev–Trinajstić information content (AvgIpc) is 3.13. The van der Waals surface area contributed by atoms with Crippen molar-refractivity contribution in [3.05, 3.63) is 77.5 Å². The number of amides is 1. The van der Waals surface area contributed by atoms with Crippen molar-refractivity contribution in [3.8, 4) is 0 Å². The van der Waals surface area contributed by atoms with Gasteiger partial charge in [0.15, 0.2) is 11.5 Å². The van der Waals surface area contributed by atoms with Crippen LogP contribution in [-0.2, 0) is 12.8 Å². The number of aryl methyl sites for hydroxylation is 1. The molecule has 5 nitrogen and oxygen atoms in total. The van der Waals surface area contributed by atoms with Crippen LogP contribution in [0.25, 0.3) is 0 Å². The molecular formula is C21H20N4O. The summed E-state index contributed by atoms with van der Waals surface area (Å²) in [6.07, 6.45) is 1.89. The van der Waals surface area contributed by atoms with E-state index in [1.807, 2.05) is 30.3 Å². The fraction of sp³-hybridized carbons (Fsp3) is 0.190. The minimum Gasteiger partial charge on any atom is -0.339 e. The fourth-order valence-corrected chi connectivity index (χ4v) is 3.17. The van der Waals surface area contributed by atoms with Crippen molar-refractivity contribution in [2.75, 3.05) is 16.8 Å². The fourth-order valence-electron chi connectivity index (χ4n) is 3.17. The molecule has 1 aromatic heterocycles. The van der Waals surface area contributed by atoms with Crippen LogP contribution in [0.2, 0.25) is 0 Å². The monoisotopic (exact) mass is 344 g/mol. The number of benzene rings is 2. The number of hydrogen-bond acceptors (Lipinski definition) is 4. The Hall–Kier alpha value is -3.21. The predicted molar refractivity (Wildman–Crippen MR) is 103 cm³/mol. The average molecular weight is 344 g/mol. The van der Waals surface area contributed by atoms with Gasteiger partial charge in [0.2, 0.25) is 0 Å². The van der Waals surface area contributed by atoms with Crippen LogP contribution in [0.4, 0.5) is 17.2 Å². The van der Waals surface area contributed by atoms with Crippen LogP contribution in [0.3, 0.4) is 0 Å². The zero-order chi connectivity index (χ0) is 17.9. The Balaban J connectivity index is 1.48. The summed E-state index contributed by atoms with van der Waals surface area (Å²) in [7, 11) is 0. The number of carbonyl (C=O) groups excluding carboxylic acids is 1. The summed E-state index contributed by atoms with van der Waals surface area (Å²) < 4.78 is 0. The summed E-state index contributed by atoms with van der Waals surface area (Å²) in [5.74, 6) is 0.508. The van der Waals surface area contributed by atoms with E-state index in [4.69, 9.17) is 0 Å². The van der Waals surface area contributed by atoms with Gasteiger partial charge >= 0.3 is 0 Å². The molecule has 0 bridgehead atoms. The highest BCUT2D eigenvalue weighted by molar-refractivity contribution is 6.06. The highest BCUT2D eigenvalue weighted by Gasteiger charge is 2.26. The van der Waals surface area contributed by atoms with E-state index in [0.29, 0.717) is 18.1 Å². The van der Waals surface area contributed by atoms with Crippen molar-refractivity contribution in [1.82, 2.24) is 10.2 Å². The van der Waals surface area contributed by atoms with Gasteiger partial charge in [0.05, 0.1) is 0 Å². The molecule has 2 heterocycles. The molecule has 0 atom stereocenters. The van der Waals surface area contributed by atoms with E-state index in [2.05, 4.69) is 40.6 Å². The zero-order valence-electron chi connectivity index (χ0n) is 14.6. The Morgan fingerprint density at radius 1 is 1.04 bits per heavy atom. The molecule has 0 saturated carbocycles. The summed E-state index contributed by atoms with van der Waals surface area (Å²) in [4.78, 5) is 14.5. The number of rotatable bonds is 4. The predicted octanol–water partition coefficient (Wildman–Crippen LogP) is 3.99. The van der Waals surface area contributed by atoms with Crippen LogP contribution in [0, 0.1) is 0 Å². The lowest BCUT2D eigenvalue weighted by Gasteiger charge is -2.16. The normalized spacial score (nSPS) is 12.7. The molecule has 0 unspecified atom stereocenters. The Morgan fingerprint density at radius 2 is 1.85 bits per heavy atom. The molecule has 0 spiro atoms. The lowest BCUT2D eigenvalue weighted by atomic mass is 10.1. The summed E-state index contributed by atoms with van der Waals surface area (Å²) in [5, 5.41) is 11.5. The van der Waals surface area contributed by atoms with Gasteiger partial charge in [-0.1, -0.05) is 37.3 Å². The van der Waals surface area contributed by atoms with E-state index in [-0.39, 0.29) is 5.91 Å². The quantitative estimate of drug-likeness (QED) is 0.777. The van der Waals surface area contributed by atoms with Crippen LogP contribution in [0.5, 0.6) is 0 Å². The van der Waals surface area contributed by atoms with E-state index >= 15 is 0 Å². The van der Waals surface area contributed by atoms with Crippen molar-refractivity contribution in [1.29, 1.82) is 0 Å². The molecule has 4 rings (SSSR count). The number of aromatic nitrogens is 2. The third-order valence-electron chi connectivity index (χ3n) is 4.65. The third kappa shape index (κ3) is 3.16. The molecule has 5 heteroatoms. The largest absolute Gasteiger partial charge is 0.339 e. The summed E-state index contributed by atoms with van der Waals surface area (Å²) in [6.45, 7) is 2.81. The van der Waals surface area contributed by atoms with E-state index in [9.17, 15) is 4.79 Å².